The molecule has 0 spiro atoms. The summed E-state index contributed by atoms with van der Waals surface area (Å²) in [5.41, 5.74) is 11.5. The van der Waals surface area contributed by atoms with Crippen LogP contribution in [0.3, 0.4) is 0 Å². The van der Waals surface area contributed by atoms with Crippen LogP contribution in [0, 0.1) is 41.5 Å². The van der Waals surface area contributed by atoms with E-state index >= 15 is 0 Å². The molecule has 0 aliphatic carbocycles. The summed E-state index contributed by atoms with van der Waals surface area (Å²) in [4.78, 5) is 7.02. The number of halogens is 2. The maximum atomic E-state index is 4.54. The molecule has 7 heteroatoms. The standard InChI is InChI=1S/C28H38N4.2ClH.Ir/c1-20-15-22(3)27(23(4)16-20)30-11-13-32(19-26-9-7-8-10-29-26)14-12-31-28-24(5)17-21(2)18-25(28)6;;;/h7-10,15-18,30-31H,11-14,19H2,1-6H3;2*1H;/p-2. The van der Waals surface area contributed by atoms with Gasteiger partial charge in [-0.3, -0.25) is 9.88 Å². The number of pyridine rings is 1. The molecular formula is C28H38Cl2IrN4-2. The molecule has 1 radical (unpaired) electrons. The molecule has 0 aliphatic heterocycles. The van der Waals surface area contributed by atoms with Gasteiger partial charge >= 0.3 is 0 Å². The SMILES string of the molecule is Cc1cc(C)c(NCCN(CCNc2c(C)cc(C)cc2C)Cc2ccccn2)c(C)c1.[Cl-].[Cl-].[Ir]. The van der Waals surface area contributed by atoms with E-state index in [-0.39, 0.29) is 44.9 Å². The maximum Gasteiger partial charge on any atom is 0.0543 e. The molecule has 195 valence electrons. The molecule has 2 N–H and O–H groups in total. The number of anilines is 2. The van der Waals surface area contributed by atoms with E-state index in [0.29, 0.717) is 0 Å². The zero-order valence-corrected chi connectivity index (χ0v) is 25.5. The van der Waals surface area contributed by atoms with Crippen LogP contribution in [0.5, 0.6) is 0 Å². The van der Waals surface area contributed by atoms with Crippen molar-refractivity contribution in [2.75, 3.05) is 36.8 Å². The van der Waals surface area contributed by atoms with Crippen molar-refractivity contribution >= 4 is 11.4 Å². The first-order valence-corrected chi connectivity index (χ1v) is 11.6. The molecule has 2 aromatic carbocycles. The van der Waals surface area contributed by atoms with Gasteiger partial charge in [-0.25, -0.2) is 0 Å². The Balaban J connectivity index is 0.00000385. The number of nitrogens with one attached hydrogen (secondary N) is 2. The van der Waals surface area contributed by atoms with Crippen LogP contribution in [0.2, 0.25) is 0 Å². The Kier molecular flexibility index (Phi) is 15.4. The normalized spacial score (nSPS) is 10.1. The quantitative estimate of drug-likeness (QED) is 0.313. The Bertz CT molecular complexity index is 935. The smallest absolute Gasteiger partial charge is 0.0543 e. The predicted octanol–water partition coefficient (Wildman–Crippen LogP) is -0.0362. The Morgan fingerprint density at radius 2 is 1.11 bits per heavy atom. The van der Waals surface area contributed by atoms with Crippen LogP contribution in [0.4, 0.5) is 11.4 Å². The second-order valence-corrected chi connectivity index (χ2v) is 9.00. The van der Waals surface area contributed by atoms with Crippen LogP contribution in [-0.2, 0) is 26.7 Å². The number of nitrogens with zero attached hydrogens (tertiary/aromatic N) is 2. The van der Waals surface area contributed by atoms with Crippen LogP contribution in [0.15, 0.2) is 48.7 Å². The van der Waals surface area contributed by atoms with Crippen molar-refractivity contribution in [3.8, 4) is 0 Å². The molecule has 0 saturated heterocycles. The van der Waals surface area contributed by atoms with Gasteiger partial charge in [0.1, 0.15) is 0 Å². The Morgan fingerprint density at radius 3 is 1.49 bits per heavy atom. The Labute approximate surface area is 237 Å². The van der Waals surface area contributed by atoms with Crippen LogP contribution in [-0.4, -0.2) is 36.1 Å². The minimum absolute atomic E-state index is 0. The Hall–Kier alpha value is -1.62. The summed E-state index contributed by atoms with van der Waals surface area (Å²) in [6, 6.07) is 15.1. The van der Waals surface area contributed by atoms with Gasteiger partial charge in [-0.2, -0.15) is 0 Å². The first-order chi connectivity index (χ1) is 15.3. The number of hydrogen-bond donors (Lipinski definition) is 2. The van der Waals surface area contributed by atoms with Gasteiger partial charge in [0.2, 0.25) is 0 Å². The monoisotopic (exact) mass is 693 g/mol. The van der Waals surface area contributed by atoms with Gasteiger partial charge in [0.05, 0.1) is 5.69 Å². The molecule has 3 rings (SSSR count). The van der Waals surface area contributed by atoms with Gasteiger partial charge in [0.15, 0.2) is 0 Å². The molecule has 1 heterocycles. The molecule has 4 nitrogen and oxygen atoms in total. The molecule has 0 aliphatic rings. The molecule has 0 bridgehead atoms. The average molecular weight is 694 g/mol. The number of aryl methyl sites for hydroxylation is 6. The third-order valence-corrected chi connectivity index (χ3v) is 5.93. The summed E-state index contributed by atoms with van der Waals surface area (Å²) in [6.45, 7) is 17.6. The first kappa shape index (κ1) is 33.4. The van der Waals surface area contributed by atoms with Gasteiger partial charge in [0, 0.05) is 70.4 Å². The van der Waals surface area contributed by atoms with Gasteiger partial charge in [0.25, 0.3) is 0 Å². The second kappa shape index (κ2) is 16.2. The topological polar surface area (TPSA) is 40.2 Å². The molecule has 0 saturated carbocycles. The second-order valence-electron chi connectivity index (χ2n) is 9.00. The molecule has 35 heavy (non-hydrogen) atoms. The van der Waals surface area contributed by atoms with Crippen molar-refractivity contribution in [1.82, 2.24) is 9.88 Å². The van der Waals surface area contributed by atoms with E-state index in [1.54, 1.807) is 0 Å². The summed E-state index contributed by atoms with van der Waals surface area (Å²) in [5, 5.41) is 7.35. The summed E-state index contributed by atoms with van der Waals surface area (Å²) in [7, 11) is 0. The van der Waals surface area contributed by atoms with E-state index < -0.39 is 0 Å². The van der Waals surface area contributed by atoms with Crippen LogP contribution in [0.1, 0.15) is 39.1 Å². The van der Waals surface area contributed by atoms with E-state index in [2.05, 4.69) is 98.5 Å². The first-order valence-electron chi connectivity index (χ1n) is 11.6. The molecule has 0 amide bonds. The molecule has 3 aromatic rings. The van der Waals surface area contributed by atoms with Crippen molar-refractivity contribution in [2.45, 2.75) is 48.1 Å². The average Bonchev–Trinajstić information content (AvgIpc) is 2.72. The summed E-state index contributed by atoms with van der Waals surface area (Å²) < 4.78 is 0. The molecule has 0 unspecified atom stereocenters. The minimum atomic E-state index is 0. The fourth-order valence-corrected chi connectivity index (χ4v) is 4.59. The van der Waals surface area contributed by atoms with E-state index in [1.807, 2.05) is 12.3 Å². The van der Waals surface area contributed by atoms with Crippen molar-refractivity contribution in [3.63, 3.8) is 0 Å². The van der Waals surface area contributed by atoms with Crippen LogP contribution < -0.4 is 35.4 Å². The van der Waals surface area contributed by atoms with Crippen LogP contribution in [0.25, 0.3) is 0 Å². The number of aromatic nitrogens is 1. The van der Waals surface area contributed by atoms with Gasteiger partial charge < -0.3 is 35.4 Å². The van der Waals surface area contributed by atoms with Crippen molar-refractivity contribution in [3.05, 3.63) is 87.7 Å². The Morgan fingerprint density at radius 1 is 0.686 bits per heavy atom. The molecule has 0 atom stereocenters. The fraction of sp³-hybridized carbons (Fsp3) is 0.393. The predicted molar refractivity (Wildman–Crippen MR) is 138 cm³/mol. The largest absolute Gasteiger partial charge is 1.00 e. The summed E-state index contributed by atoms with van der Waals surface area (Å²) in [5.74, 6) is 0. The minimum Gasteiger partial charge on any atom is -1.00 e. The third kappa shape index (κ3) is 10.1. The summed E-state index contributed by atoms with van der Waals surface area (Å²) in [6.07, 6.45) is 1.88. The van der Waals surface area contributed by atoms with E-state index in [0.717, 1.165) is 38.4 Å². The van der Waals surface area contributed by atoms with Crippen molar-refractivity contribution in [2.24, 2.45) is 0 Å². The summed E-state index contributed by atoms with van der Waals surface area (Å²) >= 11 is 0. The van der Waals surface area contributed by atoms with E-state index in [1.165, 1.54) is 44.8 Å². The molecule has 1 aromatic heterocycles. The van der Waals surface area contributed by atoms with Gasteiger partial charge in [-0.1, -0.05) is 41.5 Å². The number of benzene rings is 2. The fourth-order valence-electron chi connectivity index (χ4n) is 4.59. The molecule has 0 fully saturated rings. The van der Waals surface area contributed by atoms with Crippen LogP contribution >= 0.6 is 0 Å². The maximum absolute atomic E-state index is 4.54. The number of hydrogen-bond acceptors (Lipinski definition) is 4. The van der Waals surface area contributed by atoms with Gasteiger partial charge in [-0.15, -0.1) is 0 Å². The van der Waals surface area contributed by atoms with E-state index in [4.69, 9.17) is 0 Å². The number of rotatable bonds is 10. The van der Waals surface area contributed by atoms with Crippen molar-refractivity contribution in [1.29, 1.82) is 0 Å². The van der Waals surface area contributed by atoms with E-state index in [9.17, 15) is 0 Å². The van der Waals surface area contributed by atoms with Crippen molar-refractivity contribution < 1.29 is 44.9 Å². The zero-order chi connectivity index (χ0) is 23.1. The molecular weight excluding hydrogens is 655 g/mol. The zero-order valence-electron chi connectivity index (χ0n) is 21.6. The van der Waals surface area contributed by atoms with Gasteiger partial charge in [-0.05, 0) is 75.9 Å². The third-order valence-electron chi connectivity index (χ3n) is 5.93.